The molecule has 2 heterocycles. The van der Waals surface area contributed by atoms with Crippen LogP contribution in [-0.2, 0) is 0 Å². The third-order valence-corrected chi connectivity index (χ3v) is 2.55. The van der Waals surface area contributed by atoms with Crippen molar-refractivity contribution in [1.29, 1.82) is 0 Å². The van der Waals surface area contributed by atoms with E-state index in [-0.39, 0.29) is 0 Å². The largest absolute Gasteiger partial charge is 0.425 e. The second kappa shape index (κ2) is 2.44. The minimum atomic E-state index is 0.611. The van der Waals surface area contributed by atoms with Crippen molar-refractivity contribution in [2.24, 2.45) is 0 Å². The molecule has 11 heavy (non-hydrogen) atoms. The molecule has 3 nitrogen and oxygen atoms in total. The Hall–Kier alpha value is -0.650. The van der Waals surface area contributed by atoms with Crippen LogP contribution in [0, 0.1) is 10.6 Å². The molecule has 4 heteroatoms. The van der Waals surface area contributed by atoms with Gasteiger partial charge >= 0.3 is 0 Å². The van der Waals surface area contributed by atoms with Crippen molar-refractivity contribution in [2.45, 2.75) is 6.92 Å². The summed E-state index contributed by atoms with van der Waals surface area (Å²) in [4.78, 5) is 8.18. The molecular weight excluding hydrogens is 255 g/mol. The number of oxazole rings is 1. The summed E-state index contributed by atoms with van der Waals surface area (Å²) in [6, 6.07) is 1.97. The molecule has 0 bridgehead atoms. The third-order valence-electron chi connectivity index (χ3n) is 1.45. The first-order valence-electron chi connectivity index (χ1n) is 3.14. The summed E-state index contributed by atoms with van der Waals surface area (Å²) in [5.74, 6) is 0. The van der Waals surface area contributed by atoms with E-state index < -0.39 is 0 Å². The predicted molar refractivity (Wildman–Crippen MR) is 49.3 cm³/mol. The zero-order valence-corrected chi connectivity index (χ0v) is 7.99. The van der Waals surface area contributed by atoms with Crippen LogP contribution >= 0.6 is 22.6 Å². The molecule has 0 aliphatic rings. The van der Waals surface area contributed by atoms with Gasteiger partial charge in [0.1, 0.15) is 9.22 Å². The molecule has 0 N–H and O–H groups in total. The van der Waals surface area contributed by atoms with Crippen LogP contribution in [0.2, 0.25) is 0 Å². The van der Waals surface area contributed by atoms with Gasteiger partial charge in [0.05, 0.1) is 0 Å². The van der Waals surface area contributed by atoms with Gasteiger partial charge in [0.15, 0.2) is 6.39 Å². The van der Waals surface area contributed by atoms with Gasteiger partial charge in [0.2, 0.25) is 5.71 Å². The molecule has 56 valence electrons. The average Bonchev–Trinajstić information content (AvgIpc) is 2.36. The minimum Gasteiger partial charge on any atom is -0.425 e. The molecule has 0 fully saturated rings. The standard InChI is InChI=1S/C7H5IN2O/c1-4-2-5-7(10-6(4)8)11-3-9-5/h2-3H,1H3. The lowest BCUT2D eigenvalue weighted by molar-refractivity contribution is 0.589. The van der Waals surface area contributed by atoms with Crippen molar-refractivity contribution in [3.63, 3.8) is 0 Å². The number of rotatable bonds is 0. The quantitative estimate of drug-likeness (QED) is 0.538. The van der Waals surface area contributed by atoms with Crippen molar-refractivity contribution < 1.29 is 4.42 Å². The van der Waals surface area contributed by atoms with E-state index in [4.69, 9.17) is 4.42 Å². The van der Waals surface area contributed by atoms with Crippen molar-refractivity contribution in [2.75, 3.05) is 0 Å². The average molecular weight is 260 g/mol. The Labute approximate surface area is 77.0 Å². The number of hydrogen-bond donors (Lipinski definition) is 0. The van der Waals surface area contributed by atoms with Crippen LogP contribution in [0.1, 0.15) is 5.56 Å². The third kappa shape index (κ3) is 1.11. The van der Waals surface area contributed by atoms with Crippen molar-refractivity contribution >= 4 is 33.8 Å². The van der Waals surface area contributed by atoms with Crippen molar-refractivity contribution in [3.8, 4) is 0 Å². The van der Waals surface area contributed by atoms with E-state index in [2.05, 4.69) is 32.6 Å². The molecule has 0 saturated carbocycles. The van der Waals surface area contributed by atoms with Gasteiger partial charge in [-0.05, 0) is 41.1 Å². The molecule has 0 aromatic carbocycles. The SMILES string of the molecule is Cc1cc2ncoc2nc1I. The van der Waals surface area contributed by atoms with Crippen LogP contribution in [0.25, 0.3) is 11.2 Å². The minimum absolute atomic E-state index is 0.611. The number of nitrogens with zero attached hydrogens (tertiary/aromatic N) is 2. The number of aromatic nitrogens is 2. The fourth-order valence-corrected chi connectivity index (χ4v) is 1.25. The van der Waals surface area contributed by atoms with Crippen LogP contribution in [0.4, 0.5) is 0 Å². The van der Waals surface area contributed by atoms with E-state index in [1.165, 1.54) is 6.39 Å². The Kier molecular flexibility index (Phi) is 1.56. The molecule has 0 atom stereocenters. The van der Waals surface area contributed by atoms with Crippen molar-refractivity contribution in [1.82, 2.24) is 9.97 Å². The van der Waals surface area contributed by atoms with Crippen molar-refractivity contribution in [3.05, 3.63) is 21.7 Å². The summed E-state index contributed by atoms with van der Waals surface area (Å²) >= 11 is 2.17. The Morgan fingerprint density at radius 1 is 1.55 bits per heavy atom. The summed E-state index contributed by atoms with van der Waals surface area (Å²) in [6.45, 7) is 2.00. The lowest BCUT2D eigenvalue weighted by Gasteiger charge is -1.93. The van der Waals surface area contributed by atoms with Gasteiger partial charge in [-0.3, -0.25) is 0 Å². The topological polar surface area (TPSA) is 38.9 Å². The summed E-state index contributed by atoms with van der Waals surface area (Å²) in [6.07, 6.45) is 1.41. The lowest BCUT2D eigenvalue weighted by atomic mass is 10.3. The molecule has 0 radical (unpaired) electrons. The van der Waals surface area contributed by atoms with E-state index in [1.807, 2.05) is 13.0 Å². The smallest absolute Gasteiger partial charge is 0.247 e. The van der Waals surface area contributed by atoms with E-state index >= 15 is 0 Å². The first-order chi connectivity index (χ1) is 5.27. The highest BCUT2D eigenvalue weighted by Crippen LogP contribution is 2.15. The number of pyridine rings is 1. The molecule has 0 unspecified atom stereocenters. The van der Waals surface area contributed by atoms with Gasteiger partial charge in [-0.15, -0.1) is 0 Å². The number of halogens is 1. The van der Waals surface area contributed by atoms with Crippen LogP contribution in [0.5, 0.6) is 0 Å². The second-order valence-corrected chi connectivity index (χ2v) is 3.29. The van der Waals surface area contributed by atoms with Gasteiger partial charge in [-0.1, -0.05) is 0 Å². The number of hydrogen-bond acceptors (Lipinski definition) is 3. The Bertz CT molecular complexity index is 360. The van der Waals surface area contributed by atoms with Gasteiger partial charge in [0, 0.05) is 0 Å². The zero-order valence-electron chi connectivity index (χ0n) is 5.84. The molecule has 0 aliphatic carbocycles. The summed E-state index contributed by atoms with van der Waals surface area (Å²) in [5, 5.41) is 0. The maximum atomic E-state index is 5.03. The van der Waals surface area contributed by atoms with Gasteiger partial charge in [0.25, 0.3) is 0 Å². The first-order valence-corrected chi connectivity index (χ1v) is 4.21. The zero-order chi connectivity index (χ0) is 7.84. The number of aryl methyl sites for hydroxylation is 1. The normalized spacial score (nSPS) is 10.7. The predicted octanol–water partition coefficient (Wildman–Crippen LogP) is 2.14. The van der Waals surface area contributed by atoms with E-state index in [9.17, 15) is 0 Å². The molecule has 0 aliphatic heterocycles. The maximum absolute atomic E-state index is 5.03. The van der Waals surface area contributed by atoms with Gasteiger partial charge in [-0.25, -0.2) is 9.97 Å². The Morgan fingerprint density at radius 2 is 2.36 bits per heavy atom. The molecular formula is C7H5IN2O. The highest BCUT2D eigenvalue weighted by molar-refractivity contribution is 14.1. The fourth-order valence-electron chi connectivity index (χ4n) is 0.873. The van der Waals surface area contributed by atoms with E-state index in [1.54, 1.807) is 0 Å². The summed E-state index contributed by atoms with van der Waals surface area (Å²) in [5.41, 5.74) is 2.56. The van der Waals surface area contributed by atoms with Crippen LogP contribution < -0.4 is 0 Å². The monoisotopic (exact) mass is 260 g/mol. The fraction of sp³-hybridized carbons (Fsp3) is 0.143. The summed E-state index contributed by atoms with van der Waals surface area (Å²) < 4.78 is 5.99. The maximum Gasteiger partial charge on any atom is 0.247 e. The molecule has 2 aromatic rings. The Morgan fingerprint density at radius 3 is 3.18 bits per heavy atom. The highest BCUT2D eigenvalue weighted by Gasteiger charge is 2.02. The highest BCUT2D eigenvalue weighted by atomic mass is 127. The van der Waals surface area contributed by atoms with Crippen LogP contribution in [0.3, 0.4) is 0 Å². The molecule has 2 rings (SSSR count). The second-order valence-electron chi connectivity index (χ2n) is 2.27. The molecule has 0 amide bonds. The number of fused-ring (bicyclic) bond motifs is 1. The van der Waals surface area contributed by atoms with Gasteiger partial charge in [-0.2, -0.15) is 0 Å². The first kappa shape index (κ1) is 7.02. The van der Waals surface area contributed by atoms with Crippen LogP contribution in [-0.4, -0.2) is 9.97 Å². The van der Waals surface area contributed by atoms with Crippen LogP contribution in [0.15, 0.2) is 16.9 Å². The van der Waals surface area contributed by atoms with E-state index in [0.717, 1.165) is 14.8 Å². The molecule has 0 spiro atoms. The molecule has 0 saturated heterocycles. The summed E-state index contributed by atoms with van der Waals surface area (Å²) in [7, 11) is 0. The van der Waals surface area contributed by atoms with E-state index in [0.29, 0.717) is 5.71 Å². The molecule has 2 aromatic heterocycles. The lowest BCUT2D eigenvalue weighted by Crippen LogP contribution is -1.85. The Balaban J connectivity index is 2.86. The van der Waals surface area contributed by atoms with Gasteiger partial charge < -0.3 is 4.42 Å².